The maximum absolute atomic E-state index is 10.6. The summed E-state index contributed by atoms with van der Waals surface area (Å²) in [4.78, 5) is 0. The van der Waals surface area contributed by atoms with Crippen LogP contribution in [0.15, 0.2) is 0 Å². The van der Waals surface area contributed by atoms with Gasteiger partial charge in [0.1, 0.15) is 67.1 Å². The molecule has 0 amide bonds. The Morgan fingerprint density at radius 2 is 1.31 bits per heavy atom. The third-order valence-electron chi connectivity index (χ3n) is 5.68. The number of aliphatic hydroxyl groups excluding tert-OH is 10. The molecule has 0 aliphatic carbocycles. The highest BCUT2D eigenvalue weighted by atomic mass is 16.7. The third-order valence-corrected chi connectivity index (χ3v) is 5.68. The Morgan fingerprint density at radius 3 is 1.97 bits per heavy atom. The second-order valence-electron chi connectivity index (χ2n) is 7.93. The van der Waals surface area contributed by atoms with Gasteiger partial charge in [0.15, 0.2) is 18.9 Å². The van der Waals surface area contributed by atoms with Crippen LogP contribution in [0.3, 0.4) is 0 Å². The van der Waals surface area contributed by atoms with Gasteiger partial charge >= 0.3 is 0 Å². The topological polar surface area (TPSA) is 248 Å². The molecule has 0 bridgehead atoms. The summed E-state index contributed by atoms with van der Waals surface area (Å²) < 4.78 is 26.0. The molecule has 0 aromatic heterocycles. The molecule has 3 heterocycles. The van der Waals surface area contributed by atoms with Gasteiger partial charge in [0, 0.05) is 0 Å². The largest absolute Gasteiger partial charge is 0.394 e. The van der Waals surface area contributed by atoms with E-state index in [1.807, 2.05) is 0 Å². The number of hydrogen-bond acceptors (Lipinski definition) is 15. The first kappa shape index (κ1) is 26.0. The van der Waals surface area contributed by atoms with Gasteiger partial charge in [0.2, 0.25) is 0 Å². The molecule has 0 aromatic rings. The molecule has 0 radical (unpaired) electrons. The Balaban J connectivity index is 1.64. The first-order chi connectivity index (χ1) is 15.1. The lowest BCUT2D eigenvalue weighted by Crippen LogP contribution is -2.64. The van der Waals surface area contributed by atoms with Crippen molar-refractivity contribution in [2.45, 2.75) is 86.0 Å². The highest BCUT2D eigenvalue weighted by Gasteiger charge is 2.50. The second kappa shape index (κ2) is 10.8. The zero-order chi connectivity index (χ0) is 23.7. The molecule has 15 heteroatoms. The van der Waals surface area contributed by atoms with Crippen molar-refractivity contribution in [3.05, 3.63) is 0 Å². The van der Waals surface area contributed by atoms with Crippen LogP contribution in [0.25, 0.3) is 0 Å². The molecule has 188 valence electrons. The minimum absolute atomic E-state index is 0.332. The van der Waals surface area contributed by atoms with Crippen LogP contribution in [0.2, 0.25) is 0 Å². The fourth-order valence-electron chi connectivity index (χ4n) is 3.67. The first-order valence-corrected chi connectivity index (χ1v) is 9.99. The smallest absolute Gasteiger partial charge is 0.187 e. The van der Waals surface area contributed by atoms with E-state index in [0.29, 0.717) is 0 Å². The molecule has 0 aromatic carbocycles. The quantitative estimate of drug-likeness (QED) is 0.172. The van der Waals surface area contributed by atoms with Gasteiger partial charge in [-0.25, -0.2) is 0 Å². The maximum Gasteiger partial charge on any atom is 0.187 e. The summed E-state index contributed by atoms with van der Waals surface area (Å²) in [5.74, 6) is 0. The number of hydrogen-bond donors (Lipinski definition) is 10. The van der Waals surface area contributed by atoms with Crippen LogP contribution in [-0.4, -0.2) is 157 Å². The molecule has 3 aliphatic rings. The maximum atomic E-state index is 10.6. The van der Waals surface area contributed by atoms with Crippen LogP contribution < -0.4 is 0 Å². The zero-order valence-electron chi connectivity index (χ0n) is 16.7. The predicted octanol–water partition coefficient (Wildman–Crippen LogP) is -6.93. The molecule has 3 rings (SSSR count). The van der Waals surface area contributed by atoms with Crippen LogP contribution in [0.5, 0.6) is 0 Å². The average Bonchev–Trinajstić information content (AvgIpc) is 2.77. The standard InChI is InChI=1S/C17H30O15/c18-1-5-8(21)10(23)12(25)17(31-5)32-14-9(22)6(30-15(27)13(14)26)3-29-16-11(24)7(20)4(19)2-28-16/h4-27H,1-3H2/t4-,5-,6-,7+,8-,9-,10+,11-,12-,13-,14+,15?,16+,17+/m1/s1. The van der Waals surface area contributed by atoms with Crippen molar-refractivity contribution < 1.29 is 74.7 Å². The van der Waals surface area contributed by atoms with E-state index in [0.717, 1.165) is 0 Å². The summed E-state index contributed by atoms with van der Waals surface area (Å²) in [6, 6.07) is 0. The van der Waals surface area contributed by atoms with Crippen molar-refractivity contribution in [3.8, 4) is 0 Å². The van der Waals surface area contributed by atoms with Crippen LogP contribution in [0.4, 0.5) is 0 Å². The minimum atomic E-state index is -1.88. The van der Waals surface area contributed by atoms with E-state index < -0.39 is 99.2 Å². The highest BCUT2D eigenvalue weighted by Crippen LogP contribution is 2.29. The van der Waals surface area contributed by atoms with Crippen molar-refractivity contribution in [1.29, 1.82) is 0 Å². The van der Waals surface area contributed by atoms with Gasteiger partial charge in [-0.15, -0.1) is 0 Å². The molecule has 3 aliphatic heterocycles. The molecule has 0 saturated carbocycles. The average molecular weight is 474 g/mol. The lowest BCUT2D eigenvalue weighted by atomic mass is 9.97. The van der Waals surface area contributed by atoms with Crippen LogP contribution in [-0.2, 0) is 23.7 Å². The molecule has 32 heavy (non-hydrogen) atoms. The molecule has 15 nitrogen and oxygen atoms in total. The summed E-state index contributed by atoms with van der Waals surface area (Å²) >= 11 is 0. The molecular weight excluding hydrogens is 444 g/mol. The Labute approximate surface area is 181 Å². The molecule has 3 saturated heterocycles. The van der Waals surface area contributed by atoms with Crippen molar-refractivity contribution in [1.82, 2.24) is 0 Å². The van der Waals surface area contributed by atoms with Crippen LogP contribution in [0, 0.1) is 0 Å². The van der Waals surface area contributed by atoms with E-state index in [-0.39, 0.29) is 6.61 Å². The third kappa shape index (κ3) is 5.22. The Hall–Kier alpha value is -0.600. The van der Waals surface area contributed by atoms with Crippen molar-refractivity contribution in [2.75, 3.05) is 19.8 Å². The van der Waals surface area contributed by atoms with Crippen molar-refractivity contribution in [2.24, 2.45) is 0 Å². The van der Waals surface area contributed by atoms with Gasteiger partial charge in [-0.05, 0) is 0 Å². The first-order valence-electron chi connectivity index (χ1n) is 9.99. The van der Waals surface area contributed by atoms with E-state index in [1.165, 1.54) is 0 Å². The summed E-state index contributed by atoms with van der Waals surface area (Å²) in [6.07, 6.45) is -22.5. The molecule has 0 spiro atoms. The summed E-state index contributed by atoms with van der Waals surface area (Å²) in [5.41, 5.74) is 0. The summed E-state index contributed by atoms with van der Waals surface area (Å²) in [7, 11) is 0. The van der Waals surface area contributed by atoms with Gasteiger partial charge in [-0.3, -0.25) is 0 Å². The van der Waals surface area contributed by atoms with E-state index >= 15 is 0 Å². The monoisotopic (exact) mass is 474 g/mol. The number of rotatable bonds is 6. The van der Waals surface area contributed by atoms with Crippen LogP contribution >= 0.6 is 0 Å². The van der Waals surface area contributed by atoms with E-state index in [2.05, 4.69) is 0 Å². The summed E-state index contributed by atoms with van der Waals surface area (Å²) in [5, 5.41) is 98.8. The van der Waals surface area contributed by atoms with Gasteiger partial charge in [-0.1, -0.05) is 0 Å². The van der Waals surface area contributed by atoms with Gasteiger partial charge in [-0.2, -0.15) is 0 Å². The van der Waals surface area contributed by atoms with Gasteiger partial charge in [0.05, 0.1) is 19.8 Å². The lowest BCUT2D eigenvalue weighted by Gasteiger charge is -2.45. The molecule has 1 unspecified atom stereocenters. The zero-order valence-corrected chi connectivity index (χ0v) is 16.7. The van der Waals surface area contributed by atoms with Crippen molar-refractivity contribution in [3.63, 3.8) is 0 Å². The van der Waals surface area contributed by atoms with Gasteiger partial charge < -0.3 is 74.7 Å². The number of ether oxygens (including phenoxy) is 5. The summed E-state index contributed by atoms with van der Waals surface area (Å²) in [6.45, 7) is -1.59. The minimum Gasteiger partial charge on any atom is -0.394 e. The Bertz CT molecular complexity index is 594. The van der Waals surface area contributed by atoms with E-state index in [4.69, 9.17) is 23.7 Å². The van der Waals surface area contributed by atoms with E-state index in [1.54, 1.807) is 0 Å². The lowest BCUT2D eigenvalue weighted by molar-refractivity contribution is -0.360. The molecular formula is C17H30O15. The SMILES string of the molecule is OC[C@H]1O[C@@H](O[C@H]2[C@H](O)[C@@H](CO[C@@H]3OC[C@@H](O)[C@H](O)[C@H]3O)OC(O)[C@@H]2O)[C@H](O)[C@@H](O)[C@@H]1O. The second-order valence-corrected chi connectivity index (χ2v) is 7.93. The highest BCUT2D eigenvalue weighted by molar-refractivity contribution is 4.94. The fourth-order valence-corrected chi connectivity index (χ4v) is 3.67. The number of aliphatic hydroxyl groups is 10. The fraction of sp³-hybridized carbons (Fsp3) is 1.00. The predicted molar refractivity (Wildman–Crippen MR) is 95.2 cm³/mol. The molecule has 10 N–H and O–H groups in total. The van der Waals surface area contributed by atoms with Crippen molar-refractivity contribution >= 4 is 0 Å². The normalized spacial score (nSPS) is 52.7. The Kier molecular flexibility index (Phi) is 8.75. The molecule has 14 atom stereocenters. The van der Waals surface area contributed by atoms with E-state index in [9.17, 15) is 51.1 Å². The van der Waals surface area contributed by atoms with Gasteiger partial charge in [0.25, 0.3) is 0 Å². The Morgan fingerprint density at radius 1 is 0.656 bits per heavy atom. The molecule has 3 fully saturated rings. The van der Waals surface area contributed by atoms with Crippen LogP contribution in [0.1, 0.15) is 0 Å².